The van der Waals surface area contributed by atoms with Crippen LogP contribution in [-0.4, -0.2) is 54.8 Å². The molecule has 134 valence electrons. The van der Waals surface area contributed by atoms with Gasteiger partial charge in [-0.25, -0.2) is 0 Å². The number of hydrogen-bond donors (Lipinski definition) is 1. The van der Waals surface area contributed by atoms with Crippen molar-refractivity contribution >= 4 is 11.9 Å². The highest BCUT2D eigenvalue weighted by Crippen LogP contribution is 2.14. The number of ether oxygens (including phenoxy) is 2. The first kappa shape index (κ1) is 20.0. The molecule has 1 N–H and O–H groups in total. The Kier molecular flexibility index (Phi) is 8.26. The zero-order valence-corrected chi connectivity index (χ0v) is 14.8. The minimum absolute atomic E-state index is 0.143. The van der Waals surface area contributed by atoms with E-state index in [9.17, 15) is 14.7 Å². The third-order valence-corrected chi connectivity index (χ3v) is 3.52. The Hall–Kier alpha value is -2.08. The molecule has 1 amide bonds. The van der Waals surface area contributed by atoms with Crippen molar-refractivity contribution in [1.82, 2.24) is 4.90 Å². The van der Waals surface area contributed by atoms with Crippen molar-refractivity contribution in [3.63, 3.8) is 0 Å². The standard InChI is InChI=1S/C18H27NO5/c1-5-24-16-8-6-15(7-9-16)10-17(21)19(12-14(3)20)11-13(2)18(22)23-4/h6-9,13-14,20H,5,10-12H2,1-4H3. The molecule has 0 aliphatic carbocycles. The highest BCUT2D eigenvalue weighted by Gasteiger charge is 2.22. The van der Waals surface area contributed by atoms with Gasteiger partial charge in [-0.05, 0) is 31.5 Å². The quantitative estimate of drug-likeness (QED) is 0.693. The molecule has 2 atom stereocenters. The van der Waals surface area contributed by atoms with Gasteiger partial charge in [0.15, 0.2) is 0 Å². The molecule has 1 aromatic rings. The number of aliphatic hydroxyl groups excluding tert-OH is 1. The van der Waals surface area contributed by atoms with Crippen LogP contribution in [0.3, 0.4) is 0 Å². The largest absolute Gasteiger partial charge is 0.494 e. The van der Waals surface area contributed by atoms with Crippen molar-refractivity contribution in [3.8, 4) is 5.75 Å². The van der Waals surface area contributed by atoms with Crippen LogP contribution in [0.4, 0.5) is 0 Å². The van der Waals surface area contributed by atoms with Crippen molar-refractivity contribution in [1.29, 1.82) is 0 Å². The first-order valence-corrected chi connectivity index (χ1v) is 8.12. The van der Waals surface area contributed by atoms with E-state index in [1.165, 1.54) is 12.0 Å². The molecule has 1 rings (SSSR count). The molecule has 2 unspecified atom stereocenters. The zero-order valence-electron chi connectivity index (χ0n) is 14.8. The van der Waals surface area contributed by atoms with E-state index in [1.807, 2.05) is 31.2 Å². The average Bonchev–Trinajstić information content (AvgIpc) is 2.55. The molecule has 24 heavy (non-hydrogen) atoms. The van der Waals surface area contributed by atoms with Gasteiger partial charge in [-0.3, -0.25) is 9.59 Å². The van der Waals surface area contributed by atoms with Crippen LogP contribution in [0.2, 0.25) is 0 Å². The van der Waals surface area contributed by atoms with Gasteiger partial charge in [0.1, 0.15) is 5.75 Å². The van der Waals surface area contributed by atoms with Gasteiger partial charge in [-0.15, -0.1) is 0 Å². The summed E-state index contributed by atoms with van der Waals surface area (Å²) in [4.78, 5) is 25.6. The maximum Gasteiger partial charge on any atom is 0.310 e. The molecule has 0 aliphatic heterocycles. The van der Waals surface area contributed by atoms with Crippen LogP contribution in [0.25, 0.3) is 0 Å². The summed E-state index contributed by atoms with van der Waals surface area (Å²) in [6, 6.07) is 7.32. The summed E-state index contributed by atoms with van der Waals surface area (Å²) in [7, 11) is 1.32. The highest BCUT2D eigenvalue weighted by atomic mass is 16.5. The van der Waals surface area contributed by atoms with E-state index in [2.05, 4.69) is 0 Å². The zero-order chi connectivity index (χ0) is 18.1. The minimum Gasteiger partial charge on any atom is -0.494 e. The molecule has 0 radical (unpaired) electrons. The number of rotatable bonds is 9. The lowest BCUT2D eigenvalue weighted by atomic mass is 10.1. The molecule has 6 nitrogen and oxygen atoms in total. The Morgan fingerprint density at radius 1 is 1.17 bits per heavy atom. The van der Waals surface area contributed by atoms with Crippen LogP contribution in [0.1, 0.15) is 26.3 Å². The summed E-state index contributed by atoms with van der Waals surface area (Å²) >= 11 is 0. The number of nitrogens with zero attached hydrogens (tertiary/aromatic N) is 1. The number of amides is 1. The Morgan fingerprint density at radius 2 is 1.79 bits per heavy atom. The first-order chi connectivity index (χ1) is 11.4. The second-order valence-corrected chi connectivity index (χ2v) is 5.83. The highest BCUT2D eigenvalue weighted by molar-refractivity contribution is 5.80. The minimum atomic E-state index is -0.667. The molecule has 1 aromatic carbocycles. The van der Waals surface area contributed by atoms with Crippen molar-refractivity contribution in [3.05, 3.63) is 29.8 Å². The maximum absolute atomic E-state index is 12.5. The van der Waals surface area contributed by atoms with Gasteiger partial charge >= 0.3 is 5.97 Å². The predicted molar refractivity (Wildman–Crippen MR) is 90.8 cm³/mol. The van der Waals surface area contributed by atoms with Crippen LogP contribution in [-0.2, 0) is 20.7 Å². The molecular weight excluding hydrogens is 310 g/mol. The molecule has 6 heteroatoms. The van der Waals surface area contributed by atoms with Gasteiger partial charge in [-0.1, -0.05) is 19.1 Å². The van der Waals surface area contributed by atoms with Gasteiger partial charge in [0, 0.05) is 13.1 Å². The van der Waals surface area contributed by atoms with Gasteiger partial charge in [0.2, 0.25) is 5.91 Å². The number of aliphatic hydroxyl groups is 1. The predicted octanol–water partition coefficient (Wildman–Crippen LogP) is 1.65. The molecule has 0 saturated heterocycles. The second kappa shape index (κ2) is 9.93. The summed E-state index contributed by atoms with van der Waals surface area (Å²) in [6.07, 6.45) is -0.466. The SMILES string of the molecule is CCOc1ccc(CC(=O)N(CC(C)O)CC(C)C(=O)OC)cc1. The van der Waals surface area contributed by atoms with Crippen molar-refractivity contribution in [2.45, 2.75) is 33.3 Å². The number of hydrogen-bond acceptors (Lipinski definition) is 5. The third kappa shape index (κ3) is 6.58. The third-order valence-electron chi connectivity index (χ3n) is 3.52. The maximum atomic E-state index is 12.5. The molecular formula is C18H27NO5. The van der Waals surface area contributed by atoms with Crippen molar-refractivity contribution in [2.24, 2.45) is 5.92 Å². The molecule has 0 spiro atoms. The molecule has 0 saturated carbocycles. The Labute approximate surface area is 143 Å². The molecule has 0 aromatic heterocycles. The molecule has 0 bridgehead atoms. The van der Waals surface area contributed by atoms with E-state index in [0.29, 0.717) is 6.61 Å². The number of esters is 1. The monoisotopic (exact) mass is 337 g/mol. The van der Waals surface area contributed by atoms with Crippen LogP contribution in [0, 0.1) is 5.92 Å². The fraction of sp³-hybridized carbons (Fsp3) is 0.556. The summed E-state index contributed by atoms with van der Waals surface area (Å²) in [5.41, 5.74) is 0.852. The van der Waals surface area contributed by atoms with E-state index in [1.54, 1.807) is 13.8 Å². The van der Waals surface area contributed by atoms with E-state index >= 15 is 0 Å². The van der Waals surface area contributed by atoms with E-state index in [4.69, 9.17) is 9.47 Å². The van der Waals surface area contributed by atoms with Gasteiger partial charge in [0.05, 0.1) is 32.2 Å². The number of methoxy groups -OCH3 is 1. The Bertz CT molecular complexity index is 527. The first-order valence-electron chi connectivity index (χ1n) is 8.12. The number of carbonyl (C=O) groups excluding carboxylic acids is 2. The summed E-state index contributed by atoms with van der Waals surface area (Å²) in [5, 5.41) is 9.62. The van der Waals surface area contributed by atoms with Crippen molar-refractivity contribution < 1.29 is 24.2 Å². The summed E-state index contributed by atoms with van der Waals surface area (Å²) in [6.45, 7) is 6.20. The van der Waals surface area contributed by atoms with Crippen LogP contribution in [0.15, 0.2) is 24.3 Å². The Balaban J connectivity index is 2.74. The molecule has 0 fully saturated rings. The summed E-state index contributed by atoms with van der Waals surface area (Å²) < 4.78 is 10.1. The lowest BCUT2D eigenvalue weighted by Crippen LogP contribution is -2.41. The van der Waals surface area contributed by atoms with Gasteiger partial charge < -0.3 is 19.5 Å². The fourth-order valence-corrected chi connectivity index (χ4v) is 2.36. The Morgan fingerprint density at radius 3 is 2.29 bits per heavy atom. The van der Waals surface area contributed by atoms with E-state index < -0.39 is 12.0 Å². The van der Waals surface area contributed by atoms with E-state index in [-0.39, 0.29) is 31.4 Å². The number of benzene rings is 1. The normalized spacial score (nSPS) is 13.0. The van der Waals surface area contributed by atoms with Crippen LogP contribution in [0.5, 0.6) is 5.75 Å². The second-order valence-electron chi connectivity index (χ2n) is 5.83. The van der Waals surface area contributed by atoms with Gasteiger partial charge in [0.25, 0.3) is 0 Å². The lowest BCUT2D eigenvalue weighted by molar-refractivity contribution is -0.146. The average molecular weight is 337 g/mol. The molecule has 0 heterocycles. The van der Waals surface area contributed by atoms with E-state index in [0.717, 1.165) is 11.3 Å². The summed E-state index contributed by atoms with van der Waals surface area (Å²) in [5.74, 6) is -0.206. The van der Waals surface area contributed by atoms with Crippen LogP contribution >= 0.6 is 0 Å². The van der Waals surface area contributed by atoms with Crippen LogP contribution < -0.4 is 4.74 Å². The van der Waals surface area contributed by atoms with Gasteiger partial charge in [-0.2, -0.15) is 0 Å². The molecule has 0 aliphatic rings. The lowest BCUT2D eigenvalue weighted by Gasteiger charge is -2.26. The fourth-order valence-electron chi connectivity index (χ4n) is 2.36. The number of carbonyl (C=O) groups is 2. The van der Waals surface area contributed by atoms with Crippen molar-refractivity contribution in [2.75, 3.05) is 26.8 Å². The topological polar surface area (TPSA) is 76.1 Å². The smallest absolute Gasteiger partial charge is 0.310 e.